The van der Waals surface area contributed by atoms with Crippen LogP contribution < -0.4 is 5.32 Å². The summed E-state index contributed by atoms with van der Waals surface area (Å²) in [5, 5.41) is 8.06. The van der Waals surface area contributed by atoms with E-state index in [0.29, 0.717) is 11.5 Å². The minimum atomic E-state index is 0. The molecule has 3 rings (SSSR count). The number of aryl methyl sites for hydroxylation is 1. The zero-order valence-electron chi connectivity index (χ0n) is 12.6. The molecule has 0 spiro atoms. The first-order chi connectivity index (χ1) is 9.15. The molecule has 0 saturated carbocycles. The maximum atomic E-state index is 4.56. The lowest BCUT2D eigenvalue weighted by atomic mass is 9.88. The van der Waals surface area contributed by atoms with Crippen LogP contribution in [0.5, 0.6) is 0 Å². The first kappa shape index (κ1) is 15.8. The van der Waals surface area contributed by atoms with Crippen molar-refractivity contribution in [2.24, 2.45) is 5.41 Å². The smallest absolute Gasteiger partial charge is 0.0593 e. The van der Waals surface area contributed by atoms with E-state index in [4.69, 9.17) is 0 Å². The SMILES string of the molecule is Cc1ccn(C2CCN(CC3(C)CCNC3)CC2)n1.Cl. The molecule has 1 aromatic rings. The largest absolute Gasteiger partial charge is 0.316 e. The fourth-order valence-electron chi connectivity index (χ4n) is 3.52. The first-order valence-electron chi connectivity index (χ1n) is 7.59. The van der Waals surface area contributed by atoms with E-state index in [1.165, 1.54) is 52.0 Å². The van der Waals surface area contributed by atoms with Crippen LogP contribution in [-0.4, -0.2) is 47.4 Å². The van der Waals surface area contributed by atoms with Crippen molar-refractivity contribution in [1.29, 1.82) is 0 Å². The van der Waals surface area contributed by atoms with Gasteiger partial charge in [0.05, 0.1) is 11.7 Å². The molecule has 5 heteroatoms. The third kappa shape index (κ3) is 3.54. The Labute approximate surface area is 128 Å². The van der Waals surface area contributed by atoms with Crippen molar-refractivity contribution < 1.29 is 0 Å². The van der Waals surface area contributed by atoms with Gasteiger partial charge >= 0.3 is 0 Å². The summed E-state index contributed by atoms with van der Waals surface area (Å²) in [6.45, 7) is 10.6. The monoisotopic (exact) mass is 298 g/mol. The molecule has 0 amide bonds. The number of piperidine rings is 1. The lowest BCUT2D eigenvalue weighted by Gasteiger charge is -2.37. The lowest BCUT2D eigenvalue weighted by Crippen LogP contribution is -2.42. The van der Waals surface area contributed by atoms with E-state index in [1.807, 2.05) is 0 Å². The Hall–Kier alpha value is -0.580. The molecule has 1 atom stereocenters. The molecule has 2 saturated heterocycles. The number of aromatic nitrogens is 2. The Balaban J connectivity index is 0.00000147. The van der Waals surface area contributed by atoms with Gasteiger partial charge in [-0.1, -0.05) is 6.92 Å². The molecule has 1 N–H and O–H groups in total. The average Bonchev–Trinajstić information content (AvgIpc) is 3.00. The van der Waals surface area contributed by atoms with Crippen LogP contribution in [0.25, 0.3) is 0 Å². The van der Waals surface area contributed by atoms with E-state index in [2.05, 4.69) is 46.1 Å². The molecule has 1 unspecified atom stereocenters. The number of nitrogens with zero attached hydrogens (tertiary/aromatic N) is 3. The van der Waals surface area contributed by atoms with E-state index in [9.17, 15) is 0 Å². The highest BCUT2D eigenvalue weighted by Gasteiger charge is 2.32. The molecule has 0 bridgehead atoms. The second-order valence-corrected chi connectivity index (χ2v) is 6.68. The van der Waals surface area contributed by atoms with Crippen LogP contribution in [-0.2, 0) is 0 Å². The van der Waals surface area contributed by atoms with Gasteiger partial charge in [-0.15, -0.1) is 12.4 Å². The summed E-state index contributed by atoms with van der Waals surface area (Å²) in [5.74, 6) is 0. The second kappa shape index (κ2) is 6.46. The quantitative estimate of drug-likeness (QED) is 0.929. The molecule has 1 aromatic heterocycles. The molecule has 114 valence electrons. The number of likely N-dealkylation sites (tertiary alicyclic amines) is 1. The van der Waals surface area contributed by atoms with Crippen molar-refractivity contribution in [2.75, 3.05) is 32.7 Å². The number of halogens is 1. The summed E-state index contributed by atoms with van der Waals surface area (Å²) < 4.78 is 2.17. The van der Waals surface area contributed by atoms with E-state index in [-0.39, 0.29) is 12.4 Å². The fourth-order valence-corrected chi connectivity index (χ4v) is 3.52. The molecular weight excluding hydrogens is 272 g/mol. The van der Waals surface area contributed by atoms with Crippen molar-refractivity contribution in [1.82, 2.24) is 20.0 Å². The fraction of sp³-hybridized carbons (Fsp3) is 0.800. The second-order valence-electron chi connectivity index (χ2n) is 6.68. The van der Waals surface area contributed by atoms with Crippen molar-refractivity contribution >= 4 is 12.4 Å². The van der Waals surface area contributed by atoms with Gasteiger partial charge in [-0.2, -0.15) is 5.10 Å². The summed E-state index contributed by atoms with van der Waals surface area (Å²) in [5.41, 5.74) is 1.63. The minimum absolute atomic E-state index is 0. The van der Waals surface area contributed by atoms with E-state index >= 15 is 0 Å². The molecule has 2 fully saturated rings. The van der Waals surface area contributed by atoms with E-state index in [0.717, 1.165) is 5.69 Å². The maximum absolute atomic E-state index is 4.56. The standard InChI is InChI=1S/C15H26N4.ClH/c1-13-3-10-19(17-13)14-4-8-18(9-5-14)12-15(2)6-7-16-11-15;/h3,10,14,16H,4-9,11-12H2,1-2H3;1H. The molecule has 2 aliphatic heterocycles. The van der Waals surface area contributed by atoms with Crippen LogP contribution in [0.4, 0.5) is 0 Å². The van der Waals surface area contributed by atoms with Crippen LogP contribution >= 0.6 is 12.4 Å². The van der Waals surface area contributed by atoms with Gasteiger partial charge in [-0.3, -0.25) is 4.68 Å². The van der Waals surface area contributed by atoms with Crippen LogP contribution in [0.3, 0.4) is 0 Å². The molecule has 0 radical (unpaired) electrons. The Kier molecular flexibility index (Phi) is 5.10. The first-order valence-corrected chi connectivity index (χ1v) is 7.59. The Morgan fingerprint density at radius 1 is 1.40 bits per heavy atom. The zero-order chi connectivity index (χ0) is 13.3. The summed E-state index contributed by atoms with van der Waals surface area (Å²) in [7, 11) is 0. The predicted octanol–water partition coefficient (Wildman–Crippen LogP) is 2.25. The molecule has 3 heterocycles. The average molecular weight is 299 g/mol. The summed E-state index contributed by atoms with van der Waals surface area (Å²) in [6.07, 6.45) is 5.94. The highest BCUT2D eigenvalue weighted by molar-refractivity contribution is 5.85. The van der Waals surface area contributed by atoms with E-state index < -0.39 is 0 Å². The zero-order valence-corrected chi connectivity index (χ0v) is 13.5. The highest BCUT2D eigenvalue weighted by atomic mass is 35.5. The van der Waals surface area contributed by atoms with Crippen LogP contribution in [0.15, 0.2) is 12.3 Å². The number of nitrogens with one attached hydrogen (secondary N) is 1. The summed E-state index contributed by atoms with van der Waals surface area (Å²) in [4.78, 5) is 2.65. The number of rotatable bonds is 3. The summed E-state index contributed by atoms with van der Waals surface area (Å²) in [6, 6.07) is 2.72. The van der Waals surface area contributed by atoms with Crippen LogP contribution in [0, 0.1) is 12.3 Å². The predicted molar refractivity (Wildman–Crippen MR) is 84.5 cm³/mol. The Bertz CT molecular complexity index is 417. The molecule has 2 aliphatic rings. The highest BCUT2D eigenvalue weighted by Crippen LogP contribution is 2.29. The van der Waals surface area contributed by atoms with Gasteiger partial charge in [0.2, 0.25) is 0 Å². The van der Waals surface area contributed by atoms with Gasteiger partial charge in [0.25, 0.3) is 0 Å². The third-order valence-corrected chi connectivity index (χ3v) is 4.74. The molecule has 20 heavy (non-hydrogen) atoms. The lowest BCUT2D eigenvalue weighted by molar-refractivity contribution is 0.127. The molecular formula is C15H27ClN4. The van der Waals surface area contributed by atoms with Gasteiger partial charge < -0.3 is 10.2 Å². The number of hydrogen-bond acceptors (Lipinski definition) is 3. The van der Waals surface area contributed by atoms with Gasteiger partial charge in [0.15, 0.2) is 0 Å². The Morgan fingerprint density at radius 3 is 2.70 bits per heavy atom. The Morgan fingerprint density at radius 2 is 2.15 bits per heavy atom. The van der Waals surface area contributed by atoms with Crippen molar-refractivity contribution in [3.05, 3.63) is 18.0 Å². The van der Waals surface area contributed by atoms with Gasteiger partial charge in [-0.05, 0) is 44.2 Å². The molecule has 4 nitrogen and oxygen atoms in total. The van der Waals surface area contributed by atoms with E-state index in [1.54, 1.807) is 0 Å². The normalized spacial score (nSPS) is 28.5. The van der Waals surface area contributed by atoms with Gasteiger partial charge in [-0.25, -0.2) is 0 Å². The van der Waals surface area contributed by atoms with Crippen LogP contribution in [0.1, 0.15) is 37.9 Å². The van der Waals surface area contributed by atoms with Gasteiger partial charge in [0.1, 0.15) is 0 Å². The van der Waals surface area contributed by atoms with Crippen molar-refractivity contribution in [2.45, 2.75) is 39.2 Å². The third-order valence-electron chi connectivity index (χ3n) is 4.74. The van der Waals surface area contributed by atoms with Crippen LogP contribution in [0.2, 0.25) is 0 Å². The van der Waals surface area contributed by atoms with Gasteiger partial charge in [0, 0.05) is 32.4 Å². The summed E-state index contributed by atoms with van der Waals surface area (Å²) >= 11 is 0. The maximum Gasteiger partial charge on any atom is 0.0593 e. The minimum Gasteiger partial charge on any atom is -0.316 e. The van der Waals surface area contributed by atoms with Crippen molar-refractivity contribution in [3.63, 3.8) is 0 Å². The molecule has 0 aliphatic carbocycles. The topological polar surface area (TPSA) is 33.1 Å². The number of hydrogen-bond donors (Lipinski definition) is 1. The van der Waals surface area contributed by atoms with Crippen molar-refractivity contribution in [3.8, 4) is 0 Å². The molecule has 0 aromatic carbocycles.